The molecule has 100 valence electrons. The van der Waals surface area contributed by atoms with Crippen LogP contribution in [0.5, 0.6) is 0 Å². The van der Waals surface area contributed by atoms with Gasteiger partial charge in [-0.3, -0.25) is 4.79 Å². The van der Waals surface area contributed by atoms with Gasteiger partial charge < -0.3 is 4.42 Å². The summed E-state index contributed by atoms with van der Waals surface area (Å²) < 4.78 is 5.63. The zero-order chi connectivity index (χ0) is 14.3. The zero-order valence-electron chi connectivity index (χ0n) is 11.2. The van der Waals surface area contributed by atoms with E-state index in [-0.39, 0.29) is 5.78 Å². The Hall–Kier alpha value is -2.06. The Morgan fingerprint density at radius 1 is 1.10 bits per heavy atom. The number of hydrogen-bond donors (Lipinski definition) is 0. The first-order valence-corrected chi connectivity index (χ1v) is 6.74. The van der Waals surface area contributed by atoms with Crippen LogP contribution in [0.1, 0.15) is 27.2 Å². The van der Waals surface area contributed by atoms with Crippen molar-refractivity contribution in [1.82, 2.24) is 0 Å². The predicted molar refractivity (Wildman–Crippen MR) is 80.6 cm³/mol. The van der Waals surface area contributed by atoms with Gasteiger partial charge in [0.2, 0.25) is 5.78 Å². The lowest BCUT2D eigenvalue weighted by Gasteiger charge is -2.05. The average Bonchev–Trinajstić information content (AvgIpc) is 2.87. The van der Waals surface area contributed by atoms with Crippen LogP contribution in [0.4, 0.5) is 0 Å². The van der Waals surface area contributed by atoms with Gasteiger partial charge in [-0.2, -0.15) is 0 Å². The minimum absolute atomic E-state index is 0.113. The largest absolute Gasteiger partial charge is 0.451 e. The number of benzene rings is 2. The molecule has 2 nitrogen and oxygen atoms in total. The van der Waals surface area contributed by atoms with Crippen molar-refractivity contribution in [1.29, 1.82) is 0 Å². The molecule has 1 heterocycles. The maximum atomic E-state index is 12.6. The van der Waals surface area contributed by atoms with Gasteiger partial charge in [0, 0.05) is 10.9 Å². The quantitative estimate of drug-likeness (QED) is 0.624. The number of aryl methyl sites for hydroxylation is 1. The lowest BCUT2D eigenvalue weighted by molar-refractivity contribution is 0.101. The smallest absolute Gasteiger partial charge is 0.228 e. The normalized spacial score (nSPS) is 10.9. The second kappa shape index (κ2) is 4.80. The standard InChI is InChI=1S/C17H13ClO2/c1-10-5-3-7-13(11(10)2)16(19)15-9-12-6-4-8-14(18)17(12)20-15/h3-9H,1-2H3. The summed E-state index contributed by atoms with van der Waals surface area (Å²) >= 11 is 6.07. The number of hydrogen-bond acceptors (Lipinski definition) is 2. The first-order chi connectivity index (χ1) is 9.58. The summed E-state index contributed by atoms with van der Waals surface area (Å²) in [4.78, 5) is 12.6. The number of halogens is 1. The molecule has 0 saturated carbocycles. The summed E-state index contributed by atoms with van der Waals surface area (Å²) in [6.07, 6.45) is 0. The number of para-hydroxylation sites is 1. The Balaban J connectivity index is 2.13. The number of furan rings is 1. The molecule has 2 aromatic carbocycles. The topological polar surface area (TPSA) is 30.2 Å². The van der Waals surface area contributed by atoms with E-state index in [1.807, 2.05) is 44.2 Å². The molecule has 3 heteroatoms. The lowest BCUT2D eigenvalue weighted by atomic mass is 9.99. The van der Waals surface area contributed by atoms with Gasteiger partial charge in [-0.1, -0.05) is 41.9 Å². The molecule has 0 unspecified atom stereocenters. The number of ketones is 1. The third-order valence-corrected chi connectivity index (χ3v) is 3.87. The molecule has 0 aliphatic rings. The molecular weight excluding hydrogens is 272 g/mol. The molecule has 0 spiro atoms. The van der Waals surface area contributed by atoms with Gasteiger partial charge in [0.1, 0.15) is 0 Å². The highest BCUT2D eigenvalue weighted by Gasteiger charge is 2.17. The Kier molecular flexibility index (Phi) is 3.11. The third-order valence-electron chi connectivity index (χ3n) is 3.57. The number of rotatable bonds is 2. The van der Waals surface area contributed by atoms with E-state index in [9.17, 15) is 4.79 Å². The van der Waals surface area contributed by atoms with Crippen LogP contribution in [0.25, 0.3) is 11.0 Å². The third kappa shape index (κ3) is 2.02. The molecule has 0 N–H and O–H groups in total. The van der Waals surface area contributed by atoms with Crippen LogP contribution in [-0.4, -0.2) is 5.78 Å². The molecule has 3 aromatic rings. The molecule has 0 radical (unpaired) electrons. The SMILES string of the molecule is Cc1cccc(C(=O)c2cc3cccc(Cl)c3o2)c1C. The molecule has 0 amide bonds. The maximum Gasteiger partial charge on any atom is 0.228 e. The summed E-state index contributed by atoms with van der Waals surface area (Å²) in [5.41, 5.74) is 3.29. The molecule has 1 aromatic heterocycles. The van der Waals surface area contributed by atoms with Crippen molar-refractivity contribution in [2.75, 3.05) is 0 Å². The van der Waals surface area contributed by atoms with Gasteiger partial charge in [0.05, 0.1) is 5.02 Å². The Morgan fingerprint density at radius 3 is 2.60 bits per heavy atom. The van der Waals surface area contributed by atoms with Gasteiger partial charge in [0.15, 0.2) is 11.3 Å². The minimum atomic E-state index is -0.113. The van der Waals surface area contributed by atoms with Crippen LogP contribution >= 0.6 is 11.6 Å². The van der Waals surface area contributed by atoms with E-state index in [0.717, 1.165) is 16.5 Å². The second-order valence-electron chi connectivity index (χ2n) is 4.85. The second-order valence-corrected chi connectivity index (χ2v) is 5.25. The fourth-order valence-corrected chi connectivity index (χ4v) is 2.49. The predicted octanol–water partition coefficient (Wildman–Crippen LogP) is 4.93. The van der Waals surface area contributed by atoms with Crippen molar-refractivity contribution < 1.29 is 9.21 Å². The number of carbonyl (C=O) groups is 1. The van der Waals surface area contributed by atoms with Crippen LogP contribution in [0.2, 0.25) is 5.02 Å². The summed E-state index contributed by atoms with van der Waals surface area (Å²) in [7, 11) is 0. The Morgan fingerprint density at radius 2 is 1.85 bits per heavy atom. The molecule has 0 fully saturated rings. The molecule has 3 rings (SSSR count). The van der Waals surface area contributed by atoms with E-state index in [0.29, 0.717) is 21.9 Å². The molecule has 20 heavy (non-hydrogen) atoms. The van der Waals surface area contributed by atoms with E-state index in [2.05, 4.69) is 0 Å². The van der Waals surface area contributed by atoms with Crippen LogP contribution < -0.4 is 0 Å². The Labute approximate surface area is 122 Å². The highest BCUT2D eigenvalue weighted by atomic mass is 35.5. The van der Waals surface area contributed by atoms with Crippen LogP contribution in [0.15, 0.2) is 46.9 Å². The fourth-order valence-electron chi connectivity index (χ4n) is 2.27. The van der Waals surface area contributed by atoms with E-state index in [4.69, 9.17) is 16.0 Å². The summed E-state index contributed by atoms with van der Waals surface area (Å²) in [6, 6.07) is 12.9. The van der Waals surface area contributed by atoms with Gasteiger partial charge in [-0.15, -0.1) is 0 Å². The van der Waals surface area contributed by atoms with E-state index >= 15 is 0 Å². The van der Waals surface area contributed by atoms with Gasteiger partial charge in [-0.05, 0) is 37.1 Å². The number of carbonyl (C=O) groups excluding carboxylic acids is 1. The van der Waals surface area contributed by atoms with Gasteiger partial charge in [0.25, 0.3) is 0 Å². The monoisotopic (exact) mass is 284 g/mol. The zero-order valence-corrected chi connectivity index (χ0v) is 12.0. The summed E-state index contributed by atoms with van der Waals surface area (Å²) in [6.45, 7) is 3.93. The van der Waals surface area contributed by atoms with Crippen molar-refractivity contribution in [3.63, 3.8) is 0 Å². The molecule has 0 aliphatic heterocycles. The summed E-state index contributed by atoms with van der Waals surface area (Å²) in [5.74, 6) is 0.209. The van der Waals surface area contributed by atoms with Crippen molar-refractivity contribution >= 4 is 28.4 Å². The van der Waals surface area contributed by atoms with Crippen LogP contribution in [-0.2, 0) is 0 Å². The van der Waals surface area contributed by atoms with Crippen LogP contribution in [0, 0.1) is 13.8 Å². The summed E-state index contributed by atoms with van der Waals surface area (Å²) in [5, 5.41) is 1.36. The molecule has 0 aliphatic carbocycles. The minimum Gasteiger partial charge on any atom is -0.451 e. The highest BCUT2D eigenvalue weighted by Crippen LogP contribution is 2.28. The van der Waals surface area contributed by atoms with E-state index in [1.165, 1.54) is 0 Å². The van der Waals surface area contributed by atoms with Crippen molar-refractivity contribution in [3.05, 3.63) is 69.9 Å². The molecular formula is C17H13ClO2. The van der Waals surface area contributed by atoms with Gasteiger partial charge >= 0.3 is 0 Å². The van der Waals surface area contributed by atoms with E-state index in [1.54, 1.807) is 12.1 Å². The molecule has 0 atom stereocenters. The van der Waals surface area contributed by atoms with E-state index < -0.39 is 0 Å². The fraction of sp³-hybridized carbons (Fsp3) is 0.118. The first kappa shape index (κ1) is 12.9. The molecule has 0 saturated heterocycles. The van der Waals surface area contributed by atoms with Crippen LogP contribution in [0.3, 0.4) is 0 Å². The van der Waals surface area contributed by atoms with Crippen molar-refractivity contribution in [2.24, 2.45) is 0 Å². The average molecular weight is 285 g/mol. The maximum absolute atomic E-state index is 12.6. The Bertz CT molecular complexity index is 815. The lowest BCUT2D eigenvalue weighted by Crippen LogP contribution is -2.03. The van der Waals surface area contributed by atoms with Crippen molar-refractivity contribution in [2.45, 2.75) is 13.8 Å². The first-order valence-electron chi connectivity index (χ1n) is 6.37. The number of fused-ring (bicyclic) bond motifs is 1. The highest BCUT2D eigenvalue weighted by molar-refractivity contribution is 6.35. The van der Waals surface area contributed by atoms with Gasteiger partial charge in [-0.25, -0.2) is 0 Å². The van der Waals surface area contributed by atoms with Crippen molar-refractivity contribution in [3.8, 4) is 0 Å². The molecule has 0 bridgehead atoms.